The number of ether oxygens (including phenoxy) is 4. The molecular formula is C35H59NO6. The maximum absolute atomic E-state index is 12.5. The second-order valence-electron chi connectivity index (χ2n) is 17.5. The lowest BCUT2D eigenvalue weighted by molar-refractivity contribution is -0.237. The lowest BCUT2D eigenvalue weighted by atomic mass is 9.41. The van der Waals surface area contributed by atoms with E-state index >= 15 is 0 Å². The highest BCUT2D eigenvalue weighted by Gasteiger charge is 2.84. The van der Waals surface area contributed by atoms with E-state index in [4.69, 9.17) is 18.9 Å². The average molecular weight is 590 g/mol. The molecule has 2 saturated heterocycles. The molecule has 0 aromatic carbocycles. The molecule has 7 nitrogen and oxygen atoms in total. The van der Waals surface area contributed by atoms with Crippen LogP contribution in [0.25, 0.3) is 0 Å². The molecular weight excluding hydrogens is 530 g/mol. The molecule has 240 valence electrons. The van der Waals surface area contributed by atoms with Gasteiger partial charge in [-0.05, 0) is 111 Å². The molecule has 0 aromatic rings. The zero-order valence-electron chi connectivity index (χ0n) is 27.6. The second-order valence-corrected chi connectivity index (χ2v) is 17.5. The summed E-state index contributed by atoms with van der Waals surface area (Å²) in [5.74, 6) is 1.89. The number of morpholine rings is 1. The normalized spacial score (nSPS) is 55.4. The summed E-state index contributed by atoms with van der Waals surface area (Å²) in [5, 5.41) is 26.8. The molecule has 42 heavy (non-hydrogen) atoms. The second kappa shape index (κ2) is 9.62. The van der Waals surface area contributed by atoms with Crippen molar-refractivity contribution in [2.75, 3.05) is 26.8 Å². The Balaban J connectivity index is 1.16. The summed E-state index contributed by atoms with van der Waals surface area (Å²) in [4.78, 5) is 0. The average Bonchev–Trinajstić information content (AvgIpc) is 3.55. The van der Waals surface area contributed by atoms with Gasteiger partial charge in [0, 0.05) is 25.6 Å². The van der Waals surface area contributed by atoms with Crippen molar-refractivity contribution in [3.8, 4) is 0 Å². The molecule has 0 amide bonds. The first-order chi connectivity index (χ1) is 19.7. The van der Waals surface area contributed by atoms with Crippen LogP contribution in [0.5, 0.6) is 0 Å². The van der Waals surface area contributed by atoms with Crippen LogP contribution in [0.15, 0.2) is 0 Å². The number of hydrogen-bond donors (Lipinski definition) is 3. The molecule has 3 N–H and O–H groups in total. The maximum Gasteiger partial charge on any atom is 0.170 e. The minimum atomic E-state index is -1.01. The third-order valence-electron chi connectivity index (χ3n) is 15.3. The number of fused-ring (bicyclic) bond motifs is 4. The first-order valence-electron chi connectivity index (χ1n) is 17.2. The standard InChI is InChI=1S/C35H59NO6/c1-20-17-21(29(39-8)31(4,5)38)41-27-26(20)32(6)13-14-35-19-34(35)12-11-24(42-25-18-36-15-16-40-25)30(2,3)22(34)9-10-23(35)33(32,7)28(27)37/h20-29,36-38H,9-19H2,1-8H3. The Hall–Kier alpha value is -0.280. The van der Waals surface area contributed by atoms with Crippen LogP contribution in [0.2, 0.25) is 0 Å². The molecule has 0 aromatic heterocycles. The van der Waals surface area contributed by atoms with Crippen molar-refractivity contribution >= 4 is 0 Å². The summed E-state index contributed by atoms with van der Waals surface area (Å²) < 4.78 is 25.4. The van der Waals surface area contributed by atoms with Gasteiger partial charge in [0.15, 0.2) is 6.29 Å². The number of hydrogen-bond acceptors (Lipinski definition) is 7. The molecule has 2 spiro atoms. The van der Waals surface area contributed by atoms with Crippen molar-refractivity contribution in [3.63, 3.8) is 0 Å². The molecule has 7 heteroatoms. The van der Waals surface area contributed by atoms with E-state index in [1.165, 1.54) is 38.5 Å². The molecule has 14 unspecified atom stereocenters. The molecule has 5 aliphatic carbocycles. The van der Waals surface area contributed by atoms with Crippen molar-refractivity contribution in [1.82, 2.24) is 5.32 Å². The van der Waals surface area contributed by atoms with Gasteiger partial charge >= 0.3 is 0 Å². The van der Waals surface area contributed by atoms with E-state index in [-0.39, 0.29) is 40.8 Å². The van der Waals surface area contributed by atoms with E-state index in [9.17, 15) is 10.2 Å². The molecule has 2 aliphatic heterocycles. The van der Waals surface area contributed by atoms with Crippen LogP contribution in [-0.2, 0) is 18.9 Å². The van der Waals surface area contributed by atoms with E-state index in [0.717, 1.165) is 32.5 Å². The number of aliphatic hydroxyl groups is 2. The highest BCUT2D eigenvalue weighted by Crippen LogP contribution is 2.89. The monoisotopic (exact) mass is 589 g/mol. The zero-order valence-corrected chi connectivity index (χ0v) is 27.6. The van der Waals surface area contributed by atoms with Crippen LogP contribution in [0.3, 0.4) is 0 Å². The van der Waals surface area contributed by atoms with E-state index in [1.54, 1.807) is 7.11 Å². The van der Waals surface area contributed by atoms with E-state index in [1.807, 2.05) is 13.8 Å². The molecule has 5 saturated carbocycles. The van der Waals surface area contributed by atoms with Gasteiger partial charge in [-0.2, -0.15) is 0 Å². The maximum atomic E-state index is 12.5. The van der Waals surface area contributed by atoms with Gasteiger partial charge in [0.05, 0.1) is 36.6 Å². The minimum Gasteiger partial charge on any atom is -0.390 e. The van der Waals surface area contributed by atoms with Crippen molar-refractivity contribution < 1.29 is 29.2 Å². The Bertz CT molecular complexity index is 1050. The number of aliphatic hydroxyl groups excluding tert-OH is 1. The van der Waals surface area contributed by atoms with Crippen LogP contribution in [-0.4, -0.2) is 79.4 Å². The summed E-state index contributed by atoms with van der Waals surface area (Å²) in [7, 11) is 1.67. The third kappa shape index (κ3) is 3.77. The molecule has 0 radical (unpaired) electrons. The van der Waals surface area contributed by atoms with Gasteiger partial charge in [-0.15, -0.1) is 0 Å². The van der Waals surface area contributed by atoms with Crippen LogP contribution >= 0.6 is 0 Å². The summed E-state index contributed by atoms with van der Waals surface area (Å²) in [5.41, 5.74) is -0.349. The first kappa shape index (κ1) is 30.4. The lowest BCUT2D eigenvalue weighted by Crippen LogP contribution is -2.60. The Morgan fingerprint density at radius 3 is 2.38 bits per heavy atom. The fourth-order valence-electron chi connectivity index (χ4n) is 13.5. The highest BCUT2D eigenvalue weighted by atomic mass is 16.7. The Morgan fingerprint density at radius 2 is 1.71 bits per heavy atom. The van der Waals surface area contributed by atoms with Crippen LogP contribution in [0.4, 0.5) is 0 Å². The van der Waals surface area contributed by atoms with Crippen molar-refractivity contribution in [1.29, 1.82) is 0 Å². The molecule has 14 atom stereocenters. The number of rotatable bonds is 5. The third-order valence-corrected chi connectivity index (χ3v) is 15.3. The fourth-order valence-corrected chi connectivity index (χ4v) is 13.5. The van der Waals surface area contributed by atoms with Gasteiger partial charge in [-0.3, -0.25) is 0 Å². The van der Waals surface area contributed by atoms with Crippen LogP contribution < -0.4 is 5.32 Å². The Kier molecular flexibility index (Phi) is 6.96. The predicted molar refractivity (Wildman–Crippen MR) is 161 cm³/mol. The summed E-state index contributed by atoms with van der Waals surface area (Å²) >= 11 is 0. The van der Waals surface area contributed by atoms with Crippen molar-refractivity contribution in [3.05, 3.63) is 0 Å². The van der Waals surface area contributed by atoms with Crippen LogP contribution in [0.1, 0.15) is 99.8 Å². The predicted octanol–water partition coefficient (Wildman–Crippen LogP) is 4.92. The first-order valence-corrected chi connectivity index (χ1v) is 17.2. The smallest absolute Gasteiger partial charge is 0.170 e. The Morgan fingerprint density at radius 1 is 1.00 bits per heavy atom. The lowest BCUT2D eigenvalue weighted by Gasteiger charge is -2.64. The molecule has 7 rings (SSSR count). The molecule has 0 bridgehead atoms. The molecule has 2 heterocycles. The van der Waals surface area contributed by atoms with E-state index in [0.29, 0.717) is 34.5 Å². The van der Waals surface area contributed by atoms with Gasteiger partial charge in [0.1, 0.15) is 6.10 Å². The SMILES string of the molecule is COC(C1CC(C)C2C(O1)C(O)C1(C)C3CCC4C(C)(C)C(OC5CNCCO5)CCC45CC35CCC21C)C(C)(C)O. The summed E-state index contributed by atoms with van der Waals surface area (Å²) in [6.07, 6.45) is 8.16. The zero-order chi connectivity index (χ0) is 30.1. The van der Waals surface area contributed by atoms with Gasteiger partial charge < -0.3 is 34.5 Å². The van der Waals surface area contributed by atoms with Crippen molar-refractivity contribution in [2.45, 2.75) is 142 Å². The number of nitrogens with one attached hydrogen (secondary N) is 1. The van der Waals surface area contributed by atoms with Crippen LogP contribution in [0, 0.1) is 50.7 Å². The van der Waals surface area contributed by atoms with Crippen molar-refractivity contribution in [2.24, 2.45) is 50.7 Å². The van der Waals surface area contributed by atoms with Gasteiger partial charge in [-0.25, -0.2) is 0 Å². The van der Waals surface area contributed by atoms with Gasteiger partial charge in [0.25, 0.3) is 0 Å². The quantitative estimate of drug-likeness (QED) is 0.420. The topological polar surface area (TPSA) is 89.4 Å². The van der Waals surface area contributed by atoms with Gasteiger partial charge in [0.2, 0.25) is 0 Å². The molecule has 7 fully saturated rings. The fraction of sp³-hybridized carbons (Fsp3) is 1.00. The number of methoxy groups -OCH3 is 1. The van der Waals surface area contributed by atoms with E-state index < -0.39 is 17.8 Å². The summed E-state index contributed by atoms with van der Waals surface area (Å²) in [6, 6.07) is 0. The highest BCUT2D eigenvalue weighted by molar-refractivity contribution is 5.33. The Labute approximate surface area is 254 Å². The largest absolute Gasteiger partial charge is 0.390 e. The molecule has 7 aliphatic rings. The minimum absolute atomic E-state index is 0.0342. The summed E-state index contributed by atoms with van der Waals surface area (Å²) in [6.45, 7) is 18.3. The van der Waals surface area contributed by atoms with Gasteiger partial charge in [-0.1, -0.05) is 34.6 Å². The van der Waals surface area contributed by atoms with E-state index in [2.05, 4.69) is 39.9 Å².